The Balaban J connectivity index is -0.000000569. The quantitative estimate of drug-likeness (QED) is 0.514. The number of carboxylic acids is 1. The van der Waals surface area contributed by atoms with Gasteiger partial charge in [-0.3, -0.25) is 4.79 Å². The first-order chi connectivity index (χ1) is 11.2. The third-order valence-electron chi connectivity index (χ3n) is 2.67. The van der Waals surface area contributed by atoms with Gasteiger partial charge in [-0.1, -0.05) is 84.4 Å². The van der Waals surface area contributed by atoms with Crippen LogP contribution in [-0.4, -0.2) is 11.1 Å². The van der Waals surface area contributed by atoms with E-state index in [1.165, 1.54) is 0 Å². The van der Waals surface area contributed by atoms with Crippen molar-refractivity contribution in [3.05, 3.63) is 59.7 Å². The van der Waals surface area contributed by atoms with Crippen LogP contribution in [0.1, 0.15) is 52.7 Å². The number of carboxylic acid groups (broad SMARTS) is 1. The molecule has 0 saturated carbocycles. The van der Waals surface area contributed by atoms with Crippen molar-refractivity contribution < 1.29 is 31.0 Å². The Bertz CT molecular complexity index is 537. The van der Waals surface area contributed by atoms with Crippen LogP contribution >= 0.6 is 0 Å². The van der Waals surface area contributed by atoms with E-state index in [0.717, 1.165) is 22.3 Å². The number of rotatable bonds is 3. The average Bonchev–Trinajstić information content (AvgIpc) is 2.62. The zero-order valence-electron chi connectivity index (χ0n) is 16.0. The van der Waals surface area contributed by atoms with Crippen LogP contribution in [0.25, 0.3) is 11.1 Å². The van der Waals surface area contributed by atoms with Gasteiger partial charge in [-0.25, -0.2) is 0 Å². The summed E-state index contributed by atoms with van der Waals surface area (Å²) in [5.41, 5.74) is 3.71. The summed E-state index contributed by atoms with van der Waals surface area (Å²) in [6.07, 6.45) is 0.0203. The molecule has 0 amide bonds. The van der Waals surface area contributed by atoms with Gasteiger partial charge in [0.05, 0.1) is 6.42 Å². The SMILES string of the molecule is CC.CC.CC.Cc1ccc(-c2ccccc2)[c-]c1CC(=O)O.[W]. The van der Waals surface area contributed by atoms with Gasteiger partial charge in [0.25, 0.3) is 0 Å². The maximum atomic E-state index is 10.7. The molecule has 0 aliphatic carbocycles. The van der Waals surface area contributed by atoms with E-state index in [2.05, 4.69) is 6.07 Å². The molecule has 2 nitrogen and oxygen atoms in total. The molecular weight excluding hydrogens is 468 g/mol. The minimum absolute atomic E-state index is 0. The average molecular weight is 499 g/mol. The summed E-state index contributed by atoms with van der Waals surface area (Å²) in [7, 11) is 0. The number of aryl methyl sites for hydroxylation is 1. The molecule has 0 atom stereocenters. The van der Waals surface area contributed by atoms with Crippen molar-refractivity contribution in [3.63, 3.8) is 0 Å². The molecule has 0 fully saturated rings. The van der Waals surface area contributed by atoms with Gasteiger partial charge >= 0.3 is 5.97 Å². The molecule has 0 spiro atoms. The van der Waals surface area contributed by atoms with E-state index in [0.29, 0.717) is 0 Å². The molecule has 0 unspecified atom stereocenters. The summed E-state index contributed by atoms with van der Waals surface area (Å²) in [6.45, 7) is 13.9. The van der Waals surface area contributed by atoms with Crippen LogP contribution in [0.15, 0.2) is 42.5 Å². The molecule has 2 aromatic carbocycles. The number of carbonyl (C=O) groups is 1. The standard InChI is InChI=1S/C15H13O2.3C2H6.W/c1-11-7-8-13(9-14(11)10-15(16)17)12-5-3-2-4-6-12;3*1-2;/h2-8H,10H2,1H3,(H,16,17);3*1-2H3;/q-1;;;;. The Morgan fingerprint density at radius 1 is 0.917 bits per heavy atom. The second kappa shape index (κ2) is 17.9. The maximum Gasteiger partial charge on any atom is 0.306 e. The predicted molar refractivity (Wildman–Crippen MR) is 101 cm³/mol. The Labute approximate surface area is 162 Å². The molecule has 0 bridgehead atoms. The van der Waals surface area contributed by atoms with Crippen molar-refractivity contribution in [2.75, 3.05) is 0 Å². The fraction of sp³-hybridized carbons (Fsp3) is 0.381. The summed E-state index contributed by atoms with van der Waals surface area (Å²) >= 11 is 0. The zero-order valence-corrected chi connectivity index (χ0v) is 18.9. The summed E-state index contributed by atoms with van der Waals surface area (Å²) < 4.78 is 0. The van der Waals surface area contributed by atoms with Crippen molar-refractivity contribution in [2.45, 2.75) is 54.9 Å². The van der Waals surface area contributed by atoms with Crippen LogP contribution in [0.3, 0.4) is 0 Å². The number of hydrogen-bond acceptors (Lipinski definition) is 1. The maximum absolute atomic E-state index is 10.7. The van der Waals surface area contributed by atoms with Crippen LogP contribution in [0, 0.1) is 13.0 Å². The molecule has 0 aliphatic rings. The first-order valence-corrected chi connectivity index (χ1v) is 8.46. The smallest absolute Gasteiger partial charge is 0.306 e. The van der Waals surface area contributed by atoms with Crippen molar-refractivity contribution >= 4 is 5.97 Å². The molecule has 2 rings (SSSR count). The van der Waals surface area contributed by atoms with Crippen LogP contribution in [-0.2, 0) is 32.3 Å². The zero-order chi connectivity index (χ0) is 18.3. The molecule has 0 radical (unpaired) electrons. The monoisotopic (exact) mass is 499 g/mol. The van der Waals surface area contributed by atoms with Gasteiger partial charge in [0, 0.05) is 21.1 Å². The molecule has 1 N–H and O–H groups in total. The van der Waals surface area contributed by atoms with Crippen molar-refractivity contribution in [3.8, 4) is 11.1 Å². The molecule has 0 aliphatic heterocycles. The molecule has 0 heterocycles. The molecular formula is C21H31O2W-. The van der Waals surface area contributed by atoms with Gasteiger partial charge in [-0.15, -0.1) is 34.9 Å². The summed E-state index contributed by atoms with van der Waals surface area (Å²) in [5, 5.41) is 8.83. The first kappa shape index (κ1) is 27.4. The third kappa shape index (κ3) is 10.4. The van der Waals surface area contributed by atoms with Crippen LogP contribution in [0.4, 0.5) is 0 Å². The van der Waals surface area contributed by atoms with Crippen LogP contribution < -0.4 is 0 Å². The normalized spacial score (nSPS) is 7.96. The molecule has 3 heteroatoms. The largest absolute Gasteiger partial charge is 0.481 e. The Morgan fingerprint density at radius 2 is 1.42 bits per heavy atom. The fourth-order valence-electron chi connectivity index (χ4n) is 1.73. The molecule has 0 saturated heterocycles. The topological polar surface area (TPSA) is 37.3 Å². The molecule has 24 heavy (non-hydrogen) atoms. The van der Waals surface area contributed by atoms with Crippen molar-refractivity contribution in [1.82, 2.24) is 0 Å². The van der Waals surface area contributed by atoms with E-state index >= 15 is 0 Å². The summed E-state index contributed by atoms with van der Waals surface area (Å²) in [6, 6.07) is 16.9. The number of aliphatic carboxylic acids is 1. The van der Waals surface area contributed by atoms with Gasteiger partial charge in [0.15, 0.2) is 0 Å². The second-order valence-corrected chi connectivity index (χ2v) is 3.97. The second-order valence-electron chi connectivity index (χ2n) is 3.97. The minimum Gasteiger partial charge on any atom is -0.481 e. The van der Waals surface area contributed by atoms with E-state index < -0.39 is 5.97 Å². The van der Waals surface area contributed by atoms with E-state index in [1.54, 1.807) is 0 Å². The van der Waals surface area contributed by atoms with Gasteiger partial charge in [0.1, 0.15) is 0 Å². The Hall–Kier alpha value is -1.40. The Morgan fingerprint density at radius 3 is 1.88 bits per heavy atom. The minimum atomic E-state index is -0.824. The van der Waals surface area contributed by atoms with E-state index in [1.807, 2.05) is 90.9 Å². The Kier molecular flexibility index (Phi) is 20.5. The first-order valence-electron chi connectivity index (χ1n) is 8.46. The van der Waals surface area contributed by atoms with Gasteiger partial charge in [0.2, 0.25) is 0 Å². The molecule has 134 valence electrons. The predicted octanol–water partition coefficient (Wildman–Crippen LogP) is 6.17. The van der Waals surface area contributed by atoms with E-state index in [-0.39, 0.29) is 27.5 Å². The summed E-state index contributed by atoms with van der Waals surface area (Å²) in [5.74, 6) is -0.824. The summed E-state index contributed by atoms with van der Waals surface area (Å²) in [4.78, 5) is 10.7. The number of hydrogen-bond donors (Lipinski definition) is 1. The number of benzene rings is 2. The van der Waals surface area contributed by atoms with Gasteiger partial charge < -0.3 is 5.11 Å². The third-order valence-corrected chi connectivity index (χ3v) is 2.67. The van der Waals surface area contributed by atoms with Crippen molar-refractivity contribution in [1.29, 1.82) is 0 Å². The van der Waals surface area contributed by atoms with E-state index in [9.17, 15) is 4.79 Å². The van der Waals surface area contributed by atoms with Crippen LogP contribution in [0.5, 0.6) is 0 Å². The fourth-order valence-corrected chi connectivity index (χ4v) is 1.73. The van der Waals surface area contributed by atoms with Gasteiger partial charge in [-0.2, -0.15) is 0 Å². The molecule has 2 aromatic rings. The van der Waals surface area contributed by atoms with Crippen LogP contribution in [0.2, 0.25) is 0 Å². The van der Waals surface area contributed by atoms with Crippen molar-refractivity contribution in [2.24, 2.45) is 0 Å². The molecule has 0 aromatic heterocycles. The van der Waals surface area contributed by atoms with E-state index in [4.69, 9.17) is 5.11 Å². The van der Waals surface area contributed by atoms with Gasteiger partial charge in [-0.05, 0) is 0 Å².